The highest BCUT2D eigenvalue weighted by Crippen LogP contribution is 2.26. The summed E-state index contributed by atoms with van der Waals surface area (Å²) in [7, 11) is -1.89. The van der Waals surface area contributed by atoms with Crippen LogP contribution in [0.3, 0.4) is 0 Å². The van der Waals surface area contributed by atoms with Gasteiger partial charge in [0, 0.05) is 6.04 Å². The van der Waals surface area contributed by atoms with Crippen molar-refractivity contribution < 1.29 is 17.9 Å². The van der Waals surface area contributed by atoms with Crippen LogP contribution in [-0.4, -0.2) is 45.1 Å². The van der Waals surface area contributed by atoms with E-state index in [2.05, 4.69) is 10.1 Å². The predicted octanol–water partition coefficient (Wildman–Crippen LogP) is 0.495. The zero-order valence-electron chi connectivity index (χ0n) is 10.4. The van der Waals surface area contributed by atoms with Crippen molar-refractivity contribution in [1.82, 2.24) is 5.32 Å². The van der Waals surface area contributed by atoms with Gasteiger partial charge in [0.2, 0.25) is 0 Å². The quantitative estimate of drug-likeness (QED) is 0.706. The normalized spacial score (nSPS) is 24.8. The summed E-state index contributed by atoms with van der Waals surface area (Å²) in [6.07, 6.45) is 2.22. The fraction of sp³-hybridized carbons (Fsp3) is 0.909. The van der Waals surface area contributed by atoms with Gasteiger partial charge in [0.05, 0.1) is 24.5 Å². The number of nitrogens with one attached hydrogen (secondary N) is 1. The molecular formula is C11H21NO4S. The summed E-state index contributed by atoms with van der Waals surface area (Å²) in [6, 6.07) is 0.304. The van der Waals surface area contributed by atoms with Gasteiger partial charge < -0.3 is 10.1 Å². The van der Waals surface area contributed by atoms with Gasteiger partial charge in [-0.1, -0.05) is 6.92 Å². The average Bonchev–Trinajstić information content (AvgIpc) is 2.76. The lowest BCUT2D eigenvalue weighted by Crippen LogP contribution is -2.29. The molecule has 1 aliphatic carbocycles. The number of carbonyl (C=O) groups excluding carboxylic acids is 1. The number of sulfone groups is 1. The van der Waals surface area contributed by atoms with Crippen LogP contribution in [0.2, 0.25) is 0 Å². The maximum atomic E-state index is 12.0. The van der Waals surface area contributed by atoms with Crippen LogP contribution >= 0.6 is 0 Å². The van der Waals surface area contributed by atoms with Crippen molar-refractivity contribution in [2.24, 2.45) is 0 Å². The van der Waals surface area contributed by atoms with Crippen molar-refractivity contribution in [3.8, 4) is 0 Å². The molecule has 0 spiro atoms. The third-order valence-corrected chi connectivity index (χ3v) is 5.42. The largest absolute Gasteiger partial charge is 0.469 e. The molecule has 0 radical (unpaired) electrons. The van der Waals surface area contributed by atoms with Gasteiger partial charge in [-0.3, -0.25) is 4.79 Å². The van der Waals surface area contributed by atoms with E-state index in [4.69, 9.17) is 0 Å². The van der Waals surface area contributed by atoms with Gasteiger partial charge in [0.25, 0.3) is 0 Å². The minimum absolute atomic E-state index is 0.0405. The topological polar surface area (TPSA) is 72.5 Å². The molecule has 2 atom stereocenters. The first-order valence-electron chi connectivity index (χ1n) is 6.01. The third kappa shape index (κ3) is 4.27. The van der Waals surface area contributed by atoms with Crippen molar-refractivity contribution in [3.05, 3.63) is 0 Å². The van der Waals surface area contributed by atoms with E-state index in [-0.39, 0.29) is 17.4 Å². The third-order valence-electron chi connectivity index (χ3n) is 3.20. The Kier molecular flexibility index (Phi) is 5.39. The second-order valence-corrected chi connectivity index (χ2v) is 6.78. The number of methoxy groups -OCH3 is 1. The Morgan fingerprint density at radius 3 is 2.71 bits per heavy atom. The number of esters is 1. The summed E-state index contributed by atoms with van der Waals surface area (Å²) in [6.45, 7) is 2.87. The van der Waals surface area contributed by atoms with Crippen LogP contribution in [0.5, 0.6) is 0 Å². The monoisotopic (exact) mass is 263 g/mol. The maximum absolute atomic E-state index is 12.0. The molecule has 2 unspecified atom stereocenters. The van der Waals surface area contributed by atoms with Crippen molar-refractivity contribution in [3.63, 3.8) is 0 Å². The van der Waals surface area contributed by atoms with Crippen LogP contribution in [0.1, 0.15) is 32.6 Å². The Hall–Kier alpha value is -0.620. The summed E-state index contributed by atoms with van der Waals surface area (Å²) in [5.74, 6) is -0.557. The highest BCUT2D eigenvalue weighted by molar-refractivity contribution is 7.92. The van der Waals surface area contributed by atoms with E-state index >= 15 is 0 Å². The van der Waals surface area contributed by atoms with E-state index in [0.717, 1.165) is 13.0 Å². The lowest BCUT2D eigenvalue weighted by molar-refractivity contribution is -0.140. The van der Waals surface area contributed by atoms with E-state index in [0.29, 0.717) is 18.9 Å². The van der Waals surface area contributed by atoms with Crippen LogP contribution in [0.4, 0.5) is 0 Å². The van der Waals surface area contributed by atoms with Gasteiger partial charge in [0.15, 0.2) is 9.84 Å². The molecule has 100 valence electrons. The molecule has 1 N–H and O–H groups in total. The first kappa shape index (κ1) is 14.4. The molecule has 0 aliphatic heterocycles. The molecule has 1 fully saturated rings. The second kappa shape index (κ2) is 6.35. The van der Waals surface area contributed by atoms with Gasteiger partial charge in [-0.2, -0.15) is 0 Å². The van der Waals surface area contributed by atoms with E-state index < -0.39 is 15.8 Å². The molecule has 0 bridgehead atoms. The number of hydrogen-bond donors (Lipinski definition) is 1. The standard InChI is InChI=1S/C11H21NO4S/c1-3-12-9-4-5-10(8-9)17(14,15)7-6-11(13)16-2/h9-10,12H,3-8H2,1-2H3. The summed E-state index contributed by atoms with van der Waals surface area (Å²) in [5.41, 5.74) is 0. The van der Waals surface area contributed by atoms with Gasteiger partial charge in [-0.05, 0) is 25.8 Å². The van der Waals surface area contributed by atoms with Crippen molar-refractivity contribution >= 4 is 15.8 Å². The highest BCUT2D eigenvalue weighted by atomic mass is 32.2. The van der Waals surface area contributed by atoms with Crippen LogP contribution in [0, 0.1) is 0 Å². The summed E-state index contributed by atoms with van der Waals surface area (Å²) in [5, 5.41) is 2.97. The molecular weight excluding hydrogens is 242 g/mol. The van der Waals surface area contributed by atoms with Crippen molar-refractivity contribution in [2.75, 3.05) is 19.4 Å². The molecule has 1 aliphatic rings. The first-order valence-corrected chi connectivity index (χ1v) is 7.73. The Morgan fingerprint density at radius 2 is 2.12 bits per heavy atom. The van der Waals surface area contributed by atoms with Crippen molar-refractivity contribution in [1.29, 1.82) is 0 Å². The maximum Gasteiger partial charge on any atom is 0.306 e. The Labute approximate surface area is 103 Å². The Morgan fingerprint density at radius 1 is 1.41 bits per heavy atom. The molecule has 0 aromatic rings. The average molecular weight is 263 g/mol. The summed E-state index contributed by atoms with van der Waals surface area (Å²) in [4.78, 5) is 10.9. The molecule has 5 nitrogen and oxygen atoms in total. The number of ether oxygens (including phenoxy) is 1. The predicted molar refractivity (Wildman–Crippen MR) is 65.5 cm³/mol. The SMILES string of the molecule is CCNC1CCC(S(=O)(=O)CCC(=O)OC)C1. The minimum Gasteiger partial charge on any atom is -0.469 e. The van der Waals surface area contributed by atoms with Gasteiger partial charge in [0.1, 0.15) is 0 Å². The molecule has 0 saturated heterocycles. The zero-order chi connectivity index (χ0) is 12.9. The number of rotatable bonds is 6. The zero-order valence-corrected chi connectivity index (χ0v) is 11.3. The molecule has 0 amide bonds. The molecule has 0 aromatic carbocycles. The smallest absolute Gasteiger partial charge is 0.306 e. The molecule has 0 aromatic heterocycles. The Balaban J connectivity index is 2.46. The number of carbonyl (C=O) groups is 1. The van der Waals surface area contributed by atoms with Crippen LogP contribution in [-0.2, 0) is 19.4 Å². The lowest BCUT2D eigenvalue weighted by atomic mass is 10.2. The van der Waals surface area contributed by atoms with E-state index in [1.54, 1.807) is 0 Å². The van der Waals surface area contributed by atoms with Crippen molar-refractivity contribution in [2.45, 2.75) is 43.9 Å². The van der Waals surface area contributed by atoms with Gasteiger partial charge in [-0.15, -0.1) is 0 Å². The fourth-order valence-corrected chi connectivity index (χ4v) is 4.04. The van der Waals surface area contributed by atoms with E-state index in [1.165, 1.54) is 7.11 Å². The molecule has 17 heavy (non-hydrogen) atoms. The van der Waals surface area contributed by atoms with E-state index in [1.807, 2.05) is 6.92 Å². The highest BCUT2D eigenvalue weighted by Gasteiger charge is 2.33. The molecule has 1 rings (SSSR count). The van der Waals surface area contributed by atoms with Gasteiger partial charge in [-0.25, -0.2) is 8.42 Å². The molecule has 1 saturated carbocycles. The first-order chi connectivity index (χ1) is 7.99. The minimum atomic E-state index is -3.16. The van der Waals surface area contributed by atoms with Gasteiger partial charge >= 0.3 is 5.97 Å². The fourth-order valence-electron chi connectivity index (χ4n) is 2.23. The van der Waals surface area contributed by atoms with Crippen LogP contribution in [0.15, 0.2) is 0 Å². The second-order valence-electron chi connectivity index (χ2n) is 4.38. The number of hydrogen-bond acceptors (Lipinski definition) is 5. The summed E-state index contributed by atoms with van der Waals surface area (Å²) >= 11 is 0. The molecule has 6 heteroatoms. The lowest BCUT2D eigenvalue weighted by Gasteiger charge is -2.12. The summed E-state index contributed by atoms with van der Waals surface area (Å²) < 4.78 is 28.4. The molecule has 0 heterocycles. The van der Waals surface area contributed by atoms with E-state index in [9.17, 15) is 13.2 Å². The van der Waals surface area contributed by atoms with Crippen LogP contribution < -0.4 is 5.32 Å². The Bertz CT molecular complexity index is 352. The van der Waals surface area contributed by atoms with Crippen LogP contribution in [0.25, 0.3) is 0 Å².